The minimum Gasteiger partial charge on any atom is -0.495 e. The maximum Gasteiger partial charge on any atom is 0.137 e. The van der Waals surface area contributed by atoms with Gasteiger partial charge in [0.1, 0.15) is 5.75 Å². The predicted octanol–water partition coefficient (Wildman–Crippen LogP) is 3.63. The summed E-state index contributed by atoms with van der Waals surface area (Å²) < 4.78 is 5.38. The van der Waals surface area contributed by atoms with Crippen LogP contribution in [-0.2, 0) is 6.42 Å². The molecule has 20 heavy (non-hydrogen) atoms. The molecule has 2 nitrogen and oxygen atoms in total. The van der Waals surface area contributed by atoms with Crippen molar-refractivity contribution in [1.82, 2.24) is 5.32 Å². The van der Waals surface area contributed by atoms with Crippen LogP contribution in [0.4, 0.5) is 0 Å². The van der Waals surface area contributed by atoms with Gasteiger partial charge in [-0.25, -0.2) is 0 Å². The van der Waals surface area contributed by atoms with Crippen LogP contribution in [0.3, 0.4) is 0 Å². The summed E-state index contributed by atoms with van der Waals surface area (Å²) in [6.07, 6.45) is 1.00. The third-order valence-electron chi connectivity index (χ3n) is 3.91. The molecule has 0 radical (unpaired) electrons. The Morgan fingerprint density at radius 2 is 2.00 bits per heavy atom. The molecule has 0 spiro atoms. The Morgan fingerprint density at radius 3 is 2.75 bits per heavy atom. The molecule has 1 aliphatic rings. The molecule has 0 saturated heterocycles. The zero-order valence-corrected chi connectivity index (χ0v) is 12.3. The summed E-state index contributed by atoms with van der Waals surface area (Å²) in [7, 11) is 1.67. The van der Waals surface area contributed by atoms with E-state index in [1.54, 1.807) is 7.11 Å². The topological polar surface area (TPSA) is 21.3 Å². The lowest BCUT2D eigenvalue weighted by molar-refractivity contribution is 0.414. The van der Waals surface area contributed by atoms with Crippen LogP contribution in [-0.4, -0.2) is 20.2 Å². The second kappa shape index (κ2) is 5.86. The van der Waals surface area contributed by atoms with E-state index in [1.807, 2.05) is 0 Å². The van der Waals surface area contributed by atoms with Crippen molar-refractivity contribution in [1.29, 1.82) is 0 Å². The molecule has 3 heteroatoms. The molecule has 0 aliphatic carbocycles. The van der Waals surface area contributed by atoms with E-state index in [1.165, 1.54) is 16.7 Å². The number of hydrogen-bond acceptors (Lipinski definition) is 2. The van der Waals surface area contributed by atoms with Crippen LogP contribution in [0.2, 0.25) is 5.02 Å². The molecule has 0 fully saturated rings. The molecule has 2 aromatic rings. The van der Waals surface area contributed by atoms with Crippen LogP contribution in [0, 0.1) is 0 Å². The van der Waals surface area contributed by atoms with Gasteiger partial charge in [0.2, 0.25) is 0 Å². The van der Waals surface area contributed by atoms with E-state index in [4.69, 9.17) is 16.3 Å². The highest BCUT2D eigenvalue weighted by molar-refractivity contribution is 6.32. The van der Waals surface area contributed by atoms with E-state index in [0.717, 1.165) is 25.3 Å². The van der Waals surface area contributed by atoms with Gasteiger partial charge in [0.15, 0.2) is 0 Å². The number of nitrogens with one attached hydrogen (secondary N) is 1. The highest BCUT2D eigenvalue weighted by atomic mass is 35.5. The monoisotopic (exact) mass is 287 g/mol. The average molecular weight is 288 g/mol. The first-order valence-electron chi connectivity index (χ1n) is 6.91. The first kappa shape index (κ1) is 13.5. The van der Waals surface area contributed by atoms with Crippen LogP contribution in [0.25, 0.3) is 0 Å². The van der Waals surface area contributed by atoms with Crippen molar-refractivity contribution < 1.29 is 4.74 Å². The molecular formula is C17H18ClNO. The maximum absolute atomic E-state index is 6.26. The van der Waals surface area contributed by atoms with Crippen LogP contribution >= 0.6 is 11.6 Å². The fourth-order valence-corrected chi connectivity index (χ4v) is 3.13. The van der Waals surface area contributed by atoms with Gasteiger partial charge in [-0.15, -0.1) is 0 Å². The molecule has 0 bridgehead atoms. The first-order valence-corrected chi connectivity index (χ1v) is 7.29. The van der Waals surface area contributed by atoms with Crippen LogP contribution < -0.4 is 10.1 Å². The van der Waals surface area contributed by atoms with Crippen molar-refractivity contribution in [3.8, 4) is 5.75 Å². The van der Waals surface area contributed by atoms with Crippen molar-refractivity contribution in [2.24, 2.45) is 0 Å². The third kappa shape index (κ3) is 2.54. The zero-order valence-electron chi connectivity index (χ0n) is 11.5. The first-order chi connectivity index (χ1) is 9.79. The van der Waals surface area contributed by atoms with Crippen molar-refractivity contribution in [3.63, 3.8) is 0 Å². The van der Waals surface area contributed by atoms with Crippen molar-refractivity contribution in [2.45, 2.75) is 12.3 Å². The van der Waals surface area contributed by atoms with Gasteiger partial charge in [-0.1, -0.05) is 41.9 Å². The van der Waals surface area contributed by atoms with E-state index in [0.29, 0.717) is 10.9 Å². The fourth-order valence-electron chi connectivity index (χ4n) is 2.87. The molecule has 3 rings (SSSR count). The second-order valence-electron chi connectivity index (χ2n) is 5.10. The predicted molar refractivity (Wildman–Crippen MR) is 82.9 cm³/mol. The molecule has 1 heterocycles. The van der Waals surface area contributed by atoms with Crippen LogP contribution in [0.15, 0.2) is 42.5 Å². The number of halogens is 1. The molecular weight excluding hydrogens is 270 g/mol. The third-order valence-corrected chi connectivity index (χ3v) is 4.21. The van der Waals surface area contributed by atoms with E-state index in [9.17, 15) is 0 Å². The molecule has 1 atom stereocenters. The Morgan fingerprint density at radius 1 is 1.20 bits per heavy atom. The molecule has 104 valence electrons. The van der Waals surface area contributed by atoms with Crippen LogP contribution in [0.5, 0.6) is 5.75 Å². The van der Waals surface area contributed by atoms with Gasteiger partial charge >= 0.3 is 0 Å². The lowest BCUT2D eigenvalue weighted by Gasteiger charge is -2.19. The van der Waals surface area contributed by atoms with Crippen molar-refractivity contribution in [2.75, 3.05) is 20.2 Å². The fraction of sp³-hybridized carbons (Fsp3) is 0.294. The van der Waals surface area contributed by atoms with E-state index < -0.39 is 0 Å². The molecule has 0 amide bonds. The number of fused-ring (bicyclic) bond motifs is 1. The van der Waals surface area contributed by atoms with Crippen LogP contribution in [0.1, 0.15) is 22.6 Å². The standard InChI is InChI=1S/C17H18ClNO/c1-20-17-10-14-13(9-16(17)18)7-8-19-11-15(14)12-5-3-2-4-6-12/h2-6,9-10,15,19H,7-8,11H2,1H3/t15-/m1/s1. The normalized spacial score (nSPS) is 18.2. The quantitative estimate of drug-likeness (QED) is 0.911. The maximum atomic E-state index is 6.26. The Bertz CT molecular complexity index is 597. The Hall–Kier alpha value is -1.51. The summed E-state index contributed by atoms with van der Waals surface area (Å²) in [6, 6.07) is 14.8. The number of methoxy groups -OCH3 is 1. The zero-order chi connectivity index (χ0) is 13.9. The largest absolute Gasteiger partial charge is 0.495 e. The molecule has 0 saturated carbocycles. The van der Waals surface area contributed by atoms with E-state index >= 15 is 0 Å². The molecule has 0 unspecified atom stereocenters. The SMILES string of the molecule is COc1cc2c(cc1Cl)CCNC[C@@H]2c1ccccc1. The Kier molecular flexibility index (Phi) is 3.95. The Labute approximate surface area is 124 Å². The second-order valence-corrected chi connectivity index (χ2v) is 5.51. The minimum absolute atomic E-state index is 0.347. The smallest absolute Gasteiger partial charge is 0.137 e. The number of ether oxygens (including phenoxy) is 1. The van der Waals surface area contributed by atoms with E-state index in [-0.39, 0.29) is 0 Å². The van der Waals surface area contributed by atoms with Gasteiger partial charge in [0, 0.05) is 12.5 Å². The van der Waals surface area contributed by atoms with E-state index in [2.05, 4.69) is 47.8 Å². The molecule has 1 aliphatic heterocycles. The van der Waals surface area contributed by atoms with Gasteiger partial charge in [-0.2, -0.15) is 0 Å². The molecule has 2 aromatic carbocycles. The van der Waals surface area contributed by atoms with Gasteiger partial charge in [-0.05, 0) is 41.8 Å². The lowest BCUT2D eigenvalue weighted by atomic mass is 9.88. The highest BCUT2D eigenvalue weighted by Crippen LogP contribution is 2.35. The van der Waals surface area contributed by atoms with Gasteiger partial charge < -0.3 is 10.1 Å². The summed E-state index contributed by atoms with van der Waals surface area (Å²) >= 11 is 6.26. The lowest BCUT2D eigenvalue weighted by Crippen LogP contribution is -2.20. The van der Waals surface area contributed by atoms with Crippen molar-refractivity contribution >= 4 is 11.6 Å². The molecule has 1 N–H and O–H groups in total. The summed E-state index contributed by atoms with van der Waals surface area (Å²) in [5.74, 6) is 1.10. The Balaban J connectivity index is 2.11. The van der Waals surface area contributed by atoms with Gasteiger partial charge in [-0.3, -0.25) is 0 Å². The van der Waals surface area contributed by atoms with Gasteiger partial charge in [0.05, 0.1) is 12.1 Å². The molecule has 0 aromatic heterocycles. The average Bonchev–Trinajstić information content (AvgIpc) is 2.69. The number of hydrogen-bond donors (Lipinski definition) is 1. The van der Waals surface area contributed by atoms with Crippen molar-refractivity contribution in [3.05, 3.63) is 64.2 Å². The summed E-state index contributed by atoms with van der Waals surface area (Å²) in [5.41, 5.74) is 3.96. The number of rotatable bonds is 2. The van der Waals surface area contributed by atoms with Gasteiger partial charge in [0.25, 0.3) is 0 Å². The number of benzene rings is 2. The summed E-state index contributed by atoms with van der Waals surface area (Å²) in [5, 5.41) is 4.21. The highest BCUT2D eigenvalue weighted by Gasteiger charge is 2.22. The minimum atomic E-state index is 0.347. The summed E-state index contributed by atoms with van der Waals surface area (Å²) in [4.78, 5) is 0. The summed E-state index contributed by atoms with van der Waals surface area (Å²) in [6.45, 7) is 1.93.